The standard InChI is InChI=1S/C32H27FN8O2/c33-22-10-20(12-24(42)13-22)29-31-26(4-8-36-29)40-32(41-31)30-25-14-27(38-16-19(25)3-7-37-30)21-11-23(17-35-15-21)39-28(43)9-18-1-5-34-6-2-18/h3-4,7-8,10-18,34,42H,1-2,5-6,9H2,(H,39,43)(H,40,41). The maximum atomic E-state index is 14.1. The second-order valence-corrected chi connectivity index (χ2v) is 10.7. The molecule has 0 unspecified atom stereocenters. The number of nitrogens with one attached hydrogen (secondary N) is 3. The Kier molecular flexibility index (Phi) is 6.92. The smallest absolute Gasteiger partial charge is 0.224 e. The van der Waals surface area contributed by atoms with Crippen molar-refractivity contribution >= 4 is 33.4 Å². The van der Waals surface area contributed by atoms with E-state index < -0.39 is 5.82 Å². The first-order chi connectivity index (χ1) is 21.0. The number of fused-ring (bicyclic) bond motifs is 2. The largest absolute Gasteiger partial charge is 0.508 e. The minimum absolute atomic E-state index is 0.0176. The second-order valence-electron chi connectivity index (χ2n) is 10.7. The van der Waals surface area contributed by atoms with Gasteiger partial charge in [-0.3, -0.25) is 24.7 Å². The molecule has 0 aliphatic carbocycles. The van der Waals surface area contributed by atoms with Crippen LogP contribution in [0.3, 0.4) is 0 Å². The Hall–Kier alpha value is -5.29. The highest BCUT2D eigenvalue weighted by atomic mass is 19.1. The van der Waals surface area contributed by atoms with Crippen molar-refractivity contribution in [1.82, 2.24) is 35.2 Å². The summed E-state index contributed by atoms with van der Waals surface area (Å²) in [6.07, 6.45) is 10.9. The lowest BCUT2D eigenvalue weighted by Crippen LogP contribution is -2.30. The molecule has 0 radical (unpaired) electrons. The Balaban J connectivity index is 1.22. The summed E-state index contributed by atoms with van der Waals surface area (Å²) in [6, 6.07) is 11.2. The zero-order chi connectivity index (χ0) is 29.3. The van der Waals surface area contributed by atoms with Gasteiger partial charge in [0.15, 0.2) is 5.82 Å². The summed E-state index contributed by atoms with van der Waals surface area (Å²) in [4.78, 5) is 38.9. The van der Waals surface area contributed by atoms with E-state index in [0.717, 1.165) is 48.3 Å². The summed E-state index contributed by atoms with van der Waals surface area (Å²) >= 11 is 0. The molecule has 0 saturated carbocycles. The number of phenols is 1. The van der Waals surface area contributed by atoms with Gasteiger partial charge in [0.2, 0.25) is 5.91 Å². The van der Waals surface area contributed by atoms with Crippen molar-refractivity contribution in [1.29, 1.82) is 0 Å². The molecule has 1 aliphatic heterocycles. The number of anilines is 1. The van der Waals surface area contributed by atoms with Crippen molar-refractivity contribution < 1.29 is 14.3 Å². The maximum Gasteiger partial charge on any atom is 0.224 e. The van der Waals surface area contributed by atoms with Gasteiger partial charge in [-0.05, 0) is 68.2 Å². The van der Waals surface area contributed by atoms with Crippen LogP contribution in [0.5, 0.6) is 5.75 Å². The molecule has 1 saturated heterocycles. The van der Waals surface area contributed by atoms with Crippen LogP contribution in [0.4, 0.5) is 10.1 Å². The van der Waals surface area contributed by atoms with Gasteiger partial charge in [-0.15, -0.1) is 0 Å². The molecule has 11 heteroatoms. The van der Waals surface area contributed by atoms with E-state index in [9.17, 15) is 14.3 Å². The number of hydrogen-bond donors (Lipinski definition) is 4. The summed E-state index contributed by atoms with van der Waals surface area (Å²) in [5, 5.41) is 17.9. The Morgan fingerprint density at radius 1 is 0.953 bits per heavy atom. The molecule has 4 N–H and O–H groups in total. The number of pyridine rings is 4. The van der Waals surface area contributed by atoms with Crippen molar-refractivity contribution in [3.8, 4) is 39.8 Å². The Morgan fingerprint density at radius 3 is 2.65 bits per heavy atom. The number of hydrogen-bond acceptors (Lipinski definition) is 8. The number of rotatable bonds is 6. The van der Waals surface area contributed by atoms with E-state index in [0.29, 0.717) is 57.5 Å². The number of carbonyl (C=O) groups is 1. The molecule has 214 valence electrons. The second kappa shape index (κ2) is 11.2. The zero-order valence-corrected chi connectivity index (χ0v) is 23.0. The van der Waals surface area contributed by atoms with Gasteiger partial charge in [0, 0.05) is 59.2 Å². The molecule has 0 spiro atoms. The predicted molar refractivity (Wildman–Crippen MR) is 162 cm³/mol. The number of halogens is 1. The lowest BCUT2D eigenvalue weighted by Gasteiger charge is -2.21. The fraction of sp³-hybridized carbons (Fsp3) is 0.188. The number of imidazole rings is 1. The minimum atomic E-state index is -0.569. The molecule has 1 aliphatic rings. The first-order valence-corrected chi connectivity index (χ1v) is 14.1. The number of amides is 1. The molecule has 0 atom stereocenters. The van der Waals surface area contributed by atoms with E-state index in [4.69, 9.17) is 4.98 Å². The van der Waals surface area contributed by atoms with Crippen LogP contribution in [0.15, 0.2) is 73.4 Å². The Morgan fingerprint density at radius 2 is 1.79 bits per heavy atom. The average Bonchev–Trinajstić information content (AvgIpc) is 3.45. The van der Waals surface area contributed by atoms with Gasteiger partial charge in [-0.1, -0.05) is 0 Å². The number of aromatic hydroxyl groups is 1. The molecule has 6 aromatic rings. The summed E-state index contributed by atoms with van der Waals surface area (Å²) < 4.78 is 14.1. The monoisotopic (exact) mass is 574 g/mol. The quantitative estimate of drug-likeness (QED) is 0.205. The van der Waals surface area contributed by atoms with Crippen LogP contribution in [0.2, 0.25) is 0 Å². The number of nitrogens with zero attached hydrogens (tertiary/aromatic N) is 5. The molecular weight excluding hydrogens is 547 g/mol. The number of benzene rings is 1. The Labute approximate surface area is 245 Å². The molecule has 43 heavy (non-hydrogen) atoms. The van der Waals surface area contributed by atoms with Gasteiger partial charge in [-0.25, -0.2) is 9.37 Å². The molecule has 6 heterocycles. The molecule has 1 fully saturated rings. The van der Waals surface area contributed by atoms with Crippen molar-refractivity contribution in [2.75, 3.05) is 18.4 Å². The third-order valence-electron chi connectivity index (χ3n) is 7.68. The van der Waals surface area contributed by atoms with Crippen molar-refractivity contribution in [2.24, 2.45) is 5.92 Å². The van der Waals surface area contributed by atoms with E-state index in [1.54, 1.807) is 37.1 Å². The number of carbonyl (C=O) groups excluding carboxylic acids is 1. The lowest BCUT2D eigenvalue weighted by molar-refractivity contribution is -0.117. The van der Waals surface area contributed by atoms with Gasteiger partial charge >= 0.3 is 0 Å². The van der Waals surface area contributed by atoms with Crippen LogP contribution < -0.4 is 10.6 Å². The lowest BCUT2D eigenvalue weighted by atomic mass is 9.94. The molecule has 0 bridgehead atoms. The number of phenolic OH excluding ortho intramolecular Hbond substituents is 1. The molecule has 1 aromatic carbocycles. The zero-order valence-electron chi connectivity index (χ0n) is 23.0. The molecule has 10 nitrogen and oxygen atoms in total. The SMILES string of the molecule is O=C(CC1CCNCC1)Nc1cncc(-c2cc3c(-c4nc5c(-c6cc(O)cc(F)c6)nccc5[nH]4)nccc3cn2)c1. The van der Waals surface area contributed by atoms with E-state index in [1.807, 2.05) is 18.2 Å². The number of aromatic nitrogens is 6. The highest BCUT2D eigenvalue weighted by molar-refractivity contribution is 5.98. The van der Waals surface area contributed by atoms with Crippen molar-refractivity contribution in [3.05, 3.63) is 79.3 Å². The van der Waals surface area contributed by atoms with Gasteiger partial charge < -0.3 is 20.7 Å². The van der Waals surface area contributed by atoms with E-state index in [-0.39, 0.29) is 11.7 Å². The molecule has 5 aromatic heterocycles. The van der Waals surface area contributed by atoms with Crippen LogP contribution in [0, 0.1) is 11.7 Å². The molecule has 7 rings (SSSR count). The van der Waals surface area contributed by atoms with Crippen LogP contribution in [-0.4, -0.2) is 54.0 Å². The van der Waals surface area contributed by atoms with Crippen LogP contribution in [0.1, 0.15) is 19.3 Å². The van der Waals surface area contributed by atoms with Crippen LogP contribution in [-0.2, 0) is 4.79 Å². The Bertz CT molecular complexity index is 1970. The van der Waals surface area contributed by atoms with Gasteiger partial charge in [0.05, 0.1) is 28.8 Å². The van der Waals surface area contributed by atoms with E-state index in [1.165, 1.54) is 12.1 Å². The maximum absolute atomic E-state index is 14.1. The van der Waals surface area contributed by atoms with Gasteiger partial charge in [-0.2, -0.15) is 0 Å². The number of aromatic amines is 1. The molecular formula is C32H27FN8O2. The summed E-state index contributed by atoms with van der Waals surface area (Å²) in [5.74, 6) is 0.109. The summed E-state index contributed by atoms with van der Waals surface area (Å²) in [7, 11) is 0. The highest BCUT2D eigenvalue weighted by Crippen LogP contribution is 2.33. The first-order valence-electron chi connectivity index (χ1n) is 14.1. The summed E-state index contributed by atoms with van der Waals surface area (Å²) in [6.45, 7) is 1.90. The molecule has 1 amide bonds. The highest BCUT2D eigenvalue weighted by Gasteiger charge is 2.18. The topological polar surface area (TPSA) is 142 Å². The minimum Gasteiger partial charge on any atom is -0.508 e. The van der Waals surface area contributed by atoms with Crippen molar-refractivity contribution in [3.63, 3.8) is 0 Å². The first kappa shape index (κ1) is 26.6. The normalized spacial score (nSPS) is 13.9. The summed E-state index contributed by atoms with van der Waals surface area (Å²) in [5.41, 5.74) is 4.68. The predicted octanol–water partition coefficient (Wildman–Crippen LogP) is 5.47. The fourth-order valence-corrected chi connectivity index (χ4v) is 5.59. The van der Waals surface area contributed by atoms with Crippen LogP contribution >= 0.6 is 0 Å². The van der Waals surface area contributed by atoms with E-state index in [2.05, 4.69) is 35.6 Å². The van der Waals surface area contributed by atoms with Crippen LogP contribution in [0.25, 0.3) is 55.8 Å². The van der Waals surface area contributed by atoms with Gasteiger partial charge in [0.25, 0.3) is 0 Å². The van der Waals surface area contributed by atoms with Gasteiger partial charge in [0.1, 0.15) is 22.8 Å². The third-order valence-corrected chi connectivity index (χ3v) is 7.68. The number of piperidine rings is 1. The van der Waals surface area contributed by atoms with Crippen molar-refractivity contribution in [2.45, 2.75) is 19.3 Å². The average molecular weight is 575 g/mol. The number of H-pyrrole nitrogens is 1. The fourth-order valence-electron chi connectivity index (χ4n) is 5.59. The third kappa shape index (κ3) is 5.50. The van der Waals surface area contributed by atoms with E-state index >= 15 is 0 Å².